The summed E-state index contributed by atoms with van der Waals surface area (Å²) in [7, 11) is 0. The lowest BCUT2D eigenvalue weighted by atomic mass is 10.1. The van der Waals surface area contributed by atoms with E-state index in [9.17, 15) is 0 Å². The summed E-state index contributed by atoms with van der Waals surface area (Å²) < 4.78 is 0. The van der Waals surface area contributed by atoms with Crippen LogP contribution in [-0.2, 0) is 0 Å². The number of pyridine rings is 1. The summed E-state index contributed by atoms with van der Waals surface area (Å²) in [5, 5.41) is 0. The second-order valence-corrected chi connectivity index (χ2v) is 3.87. The molecule has 0 amide bonds. The normalized spacial score (nSPS) is 10.2. The first kappa shape index (κ1) is 10.6. The molecular formula is C15H11N3. The smallest absolute Gasteiger partial charge is 0.116 e. The highest BCUT2D eigenvalue weighted by Crippen LogP contribution is 2.20. The van der Waals surface area contributed by atoms with Crippen molar-refractivity contribution < 1.29 is 0 Å². The Hall–Kier alpha value is -2.55. The van der Waals surface area contributed by atoms with Crippen LogP contribution in [-0.4, -0.2) is 15.0 Å². The molecule has 2 heterocycles. The lowest BCUT2D eigenvalue weighted by Gasteiger charge is -2.03. The van der Waals surface area contributed by atoms with Crippen molar-refractivity contribution >= 4 is 0 Å². The van der Waals surface area contributed by atoms with Gasteiger partial charge >= 0.3 is 0 Å². The third-order valence-corrected chi connectivity index (χ3v) is 2.66. The van der Waals surface area contributed by atoms with Gasteiger partial charge in [0.1, 0.15) is 6.33 Å². The zero-order chi connectivity index (χ0) is 12.2. The number of aromatic nitrogens is 3. The van der Waals surface area contributed by atoms with E-state index >= 15 is 0 Å². The fraction of sp³-hybridized carbons (Fsp3) is 0. The maximum atomic E-state index is 4.30. The highest BCUT2D eigenvalue weighted by Gasteiger charge is 2.03. The van der Waals surface area contributed by atoms with Crippen LogP contribution < -0.4 is 0 Å². The Morgan fingerprint density at radius 2 is 1.39 bits per heavy atom. The fourth-order valence-electron chi connectivity index (χ4n) is 1.78. The molecule has 1 aromatic carbocycles. The molecule has 0 spiro atoms. The van der Waals surface area contributed by atoms with E-state index in [2.05, 4.69) is 15.0 Å². The Bertz CT molecular complexity index is 581. The lowest BCUT2D eigenvalue weighted by molar-refractivity contribution is 1.16. The summed E-state index contributed by atoms with van der Waals surface area (Å²) >= 11 is 0. The van der Waals surface area contributed by atoms with Gasteiger partial charge in [0.15, 0.2) is 0 Å². The van der Waals surface area contributed by atoms with Crippen molar-refractivity contribution in [2.45, 2.75) is 0 Å². The van der Waals surface area contributed by atoms with E-state index in [1.54, 1.807) is 12.5 Å². The number of benzene rings is 1. The maximum Gasteiger partial charge on any atom is 0.116 e. The number of rotatable bonds is 2. The zero-order valence-electron chi connectivity index (χ0n) is 9.69. The van der Waals surface area contributed by atoms with Gasteiger partial charge in [-0.3, -0.25) is 4.98 Å². The van der Waals surface area contributed by atoms with E-state index in [-0.39, 0.29) is 0 Å². The van der Waals surface area contributed by atoms with E-state index in [0.29, 0.717) is 0 Å². The average molecular weight is 233 g/mol. The molecule has 86 valence electrons. The number of nitrogens with zero attached hydrogens (tertiary/aromatic N) is 3. The van der Waals surface area contributed by atoms with Gasteiger partial charge in [-0.05, 0) is 18.2 Å². The largest absolute Gasteiger partial charge is 0.255 e. The van der Waals surface area contributed by atoms with Crippen LogP contribution in [0.15, 0.2) is 67.1 Å². The Morgan fingerprint density at radius 3 is 2.17 bits per heavy atom. The molecule has 0 atom stereocenters. The standard InChI is InChI=1S/C15H11N3/c1-2-6-12(7-3-1)14-10-15(18-11-17-14)13-8-4-5-9-16-13/h1-11H. The minimum absolute atomic E-state index is 0.837. The van der Waals surface area contributed by atoms with Gasteiger partial charge in [0.25, 0.3) is 0 Å². The first-order chi connectivity index (χ1) is 8.93. The van der Waals surface area contributed by atoms with E-state index in [1.807, 2.05) is 54.6 Å². The lowest BCUT2D eigenvalue weighted by Crippen LogP contribution is -1.90. The van der Waals surface area contributed by atoms with Crippen LogP contribution in [0.2, 0.25) is 0 Å². The molecule has 0 unspecified atom stereocenters. The molecule has 0 fully saturated rings. The molecule has 0 saturated carbocycles. The third-order valence-electron chi connectivity index (χ3n) is 2.66. The number of hydrogen-bond donors (Lipinski definition) is 0. The Kier molecular flexibility index (Phi) is 2.80. The highest BCUT2D eigenvalue weighted by molar-refractivity contribution is 5.65. The van der Waals surface area contributed by atoms with Crippen LogP contribution in [0.25, 0.3) is 22.6 Å². The van der Waals surface area contributed by atoms with Crippen molar-refractivity contribution in [3.05, 3.63) is 67.1 Å². The van der Waals surface area contributed by atoms with Crippen molar-refractivity contribution in [1.29, 1.82) is 0 Å². The summed E-state index contributed by atoms with van der Waals surface area (Å²) in [5.74, 6) is 0. The number of hydrogen-bond acceptors (Lipinski definition) is 3. The van der Waals surface area contributed by atoms with Crippen molar-refractivity contribution in [3.8, 4) is 22.6 Å². The molecule has 3 rings (SSSR count). The summed E-state index contributed by atoms with van der Waals surface area (Å²) in [6.07, 6.45) is 3.34. The molecule has 0 aliphatic heterocycles. The van der Waals surface area contributed by atoms with E-state index in [1.165, 1.54) is 0 Å². The summed E-state index contributed by atoms with van der Waals surface area (Å²) in [4.78, 5) is 12.9. The maximum absolute atomic E-state index is 4.30. The van der Waals surface area contributed by atoms with Crippen molar-refractivity contribution in [1.82, 2.24) is 15.0 Å². The minimum atomic E-state index is 0.837. The topological polar surface area (TPSA) is 38.7 Å². The summed E-state index contributed by atoms with van der Waals surface area (Å²) in [5.41, 5.74) is 3.69. The first-order valence-electron chi connectivity index (χ1n) is 5.72. The summed E-state index contributed by atoms with van der Waals surface area (Å²) in [6, 6.07) is 17.8. The second-order valence-electron chi connectivity index (χ2n) is 3.87. The molecule has 0 bridgehead atoms. The Morgan fingerprint density at radius 1 is 0.611 bits per heavy atom. The van der Waals surface area contributed by atoms with Gasteiger partial charge in [-0.25, -0.2) is 9.97 Å². The van der Waals surface area contributed by atoms with Gasteiger partial charge in [0.05, 0.1) is 17.1 Å². The van der Waals surface area contributed by atoms with Crippen LogP contribution in [0, 0.1) is 0 Å². The molecule has 18 heavy (non-hydrogen) atoms. The molecule has 3 heteroatoms. The van der Waals surface area contributed by atoms with Gasteiger partial charge in [0.2, 0.25) is 0 Å². The van der Waals surface area contributed by atoms with Crippen molar-refractivity contribution in [3.63, 3.8) is 0 Å². The molecule has 3 aromatic rings. The molecule has 2 aromatic heterocycles. The monoisotopic (exact) mass is 233 g/mol. The Labute approximate surface area is 105 Å². The van der Waals surface area contributed by atoms with Crippen molar-refractivity contribution in [2.24, 2.45) is 0 Å². The quantitative estimate of drug-likeness (QED) is 0.682. The minimum Gasteiger partial charge on any atom is -0.255 e. The van der Waals surface area contributed by atoms with Gasteiger partial charge in [0, 0.05) is 11.8 Å². The van der Waals surface area contributed by atoms with E-state index in [0.717, 1.165) is 22.6 Å². The molecule has 0 radical (unpaired) electrons. The fourth-order valence-corrected chi connectivity index (χ4v) is 1.78. The molecule has 0 aliphatic carbocycles. The van der Waals surface area contributed by atoms with Crippen molar-refractivity contribution in [2.75, 3.05) is 0 Å². The highest BCUT2D eigenvalue weighted by atomic mass is 14.9. The van der Waals surface area contributed by atoms with Gasteiger partial charge < -0.3 is 0 Å². The van der Waals surface area contributed by atoms with Crippen LogP contribution in [0.1, 0.15) is 0 Å². The van der Waals surface area contributed by atoms with Gasteiger partial charge in [-0.2, -0.15) is 0 Å². The van der Waals surface area contributed by atoms with E-state index in [4.69, 9.17) is 0 Å². The SMILES string of the molecule is c1ccc(-c2cc(-c3ccccn3)ncn2)cc1. The molecule has 0 N–H and O–H groups in total. The molecule has 0 saturated heterocycles. The first-order valence-corrected chi connectivity index (χ1v) is 5.72. The third kappa shape index (κ3) is 2.11. The average Bonchev–Trinajstić information content (AvgIpc) is 2.49. The van der Waals surface area contributed by atoms with Crippen LogP contribution >= 0.6 is 0 Å². The van der Waals surface area contributed by atoms with Gasteiger partial charge in [-0.1, -0.05) is 36.4 Å². The van der Waals surface area contributed by atoms with Crippen LogP contribution in [0.4, 0.5) is 0 Å². The van der Waals surface area contributed by atoms with Crippen LogP contribution in [0.3, 0.4) is 0 Å². The molecule has 3 nitrogen and oxygen atoms in total. The van der Waals surface area contributed by atoms with Crippen LogP contribution in [0.5, 0.6) is 0 Å². The second kappa shape index (κ2) is 4.75. The van der Waals surface area contributed by atoms with Gasteiger partial charge in [-0.15, -0.1) is 0 Å². The predicted octanol–water partition coefficient (Wildman–Crippen LogP) is 3.21. The zero-order valence-corrected chi connectivity index (χ0v) is 9.69. The predicted molar refractivity (Wildman–Crippen MR) is 70.7 cm³/mol. The van der Waals surface area contributed by atoms with E-state index < -0.39 is 0 Å². The molecule has 0 aliphatic rings. The molecular weight excluding hydrogens is 222 g/mol. The Balaban J connectivity index is 2.05. The summed E-state index contributed by atoms with van der Waals surface area (Å²) in [6.45, 7) is 0.